The van der Waals surface area contributed by atoms with Crippen LogP contribution in [0.25, 0.3) is 22.8 Å². The van der Waals surface area contributed by atoms with Crippen LogP contribution in [-0.2, 0) is 12.3 Å². The zero-order valence-electron chi connectivity index (χ0n) is 26.1. The van der Waals surface area contributed by atoms with E-state index < -0.39 is 33.8 Å². The molecule has 0 saturated heterocycles. The molecule has 9 nitrogen and oxygen atoms in total. The number of aromatic hydroxyl groups is 1. The smallest absolute Gasteiger partial charge is 0.469 e. The number of aromatic nitrogens is 3. The molecule has 224 valence electrons. The maximum absolute atomic E-state index is 10.8. The van der Waals surface area contributed by atoms with E-state index >= 15 is 0 Å². The summed E-state index contributed by atoms with van der Waals surface area (Å²) in [4.78, 5) is 13.1. The summed E-state index contributed by atoms with van der Waals surface area (Å²) in [5.41, 5.74) is 1.32. The molecule has 13 heteroatoms. The van der Waals surface area contributed by atoms with E-state index in [1.165, 1.54) is 6.33 Å². The van der Waals surface area contributed by atoms with Gasteiger partial charge < -0.3 is 26.9 Å². The first-order chi connectivity index (χ1) is 19.0. The highest BCUT2D eigenvalue weighted by atomic mass is 28.5. The highest BCUT2D eigenvalue weighted by Gasteiger charge is 2.49. The molecule has 1 N–H and O–H groups in total. The molecule has 41 heavy (non-hydrogen) atoms. The van der Waals surface area contributed by atoms with Gasteiger partial charge in [0.15, 0.2) is 36.6 Å². The SMILES string of the molecule is COc1ccc(-c2ncnc(-c3ccc(OCCC[Si](O[Si](C)(C)C)(O[Si](C)(C)C)O[Si](C)(C)C)cc3O)n2)cc1. The third-order valence-electron chi connectivity index (χ3n) is 5.41. The molecule has 3 aromatic rings. The van der Waals surface area contributed by atoms with Crippen molar-refractivity contribution < 1.29 is 26.9 Å². The summed E-state index contributed by atoms with van der Waals surface area (Å²) < 4.78 is 31.5. The second-order valence-corrected chi connectivity index (χ2v) is 29.8. The Hall–Kier alpha value is -2.40. The molecule has 0 aliphatic heterocycles. The van der Waals surface area contributed by atoms with Gasteiger partial charge in [0.2, 0.25) is 0 Å². The van der Waals surface area contributed by atoms with Gasteiger partial charge >= 0.3 is 8.80 Å². The Kier molecular flexibility index (Phi) is 10.7. The van der Waals surface area contributed by atoms with Crippen molar-refractivity contribution in [3.05, 3.63) is 48.8 Å². The Balaban J connectivity index is 1.71. The van der Waals surface area contributed by atoms with Crippen molar-refractivity contribution >= 4 is 33.8 Å². The Morgan fingerprint density at radius 3 is 1.76 bits per heavy atom. The van der Waals surface area contributed by atoms with Gasteiger partial charge in [-0.15, -0.1) is 0 Å². The number of methoxy groups -OCH3 is 1. The molecular formula is C28H45N3O6Si4. The number of nitrogens with zero attached hydrogens (tertiary/aromatic N) is 3. The predicted octanol–water partition coefficient (Wildman–Crippen LogP) is 7.18. The first-order valence-corrected chi connectivity index (χ1v) is 26.0. The van der Waals surface area contributed by atoms with Crippen LogP contribution < -0.4 is 9.47 Å². The average molecular weight is 632 g/mol. The van der Waals surface area contributed by atoms with Crippen LogP contribution in [0.1, 0.15) is 6.42 Å². The number of phenolic OH excluding ortho intramolecular Hbond substituents is 1. The zero-order chi connectivity index (χ0) is 30.5. The van der Waals surface area contributed by atoms with Gasteiger partial charge in [-0.05, 0) is 102 Å². The Bertz CT molecular complexity index is 1250. The lowest BCUT2D eigenvalue weighted by Crippen LogP contribution is -2.60. The van der Waals surface area contributed by atoms with Crippen molar-refractivity contribution in [2.75, 3.05) is 13.7 Å². The van der Waals surface area contributed by atoms with Gasteiger partial charge in [-0.25, -0.2) is 15.0 Å². The van der Waals surface area contributed by atoms with E-state index in [1.807, 2.05) is 30.3 Å². The Labute approximate surface area is 249 Å². The van der Waals surface area contributed by atoms with E-state index in [2.05, 4.69) is 73.9 Å². The van der Waals surface area contributed by atoms with Crippen LogP contribution in [0.4, 0.5) is 0 Å². The average Bonchev–Trinajstić information content (AvgIpc) is 2.84. The highest BCUT2D eigenvalue weighted by molar-refractivity contribution is 6.90. The van der Waals surface area contributed by atoms with Gasteiger partial charge in [-0.3, -0.25) is 0 Å². The molecule has 0 radical (unpaired) electrons. The maximum atomic E-state index is 10.8. The van der Waals surface area contributed by atoms with Crippen LogP contribution in [0, 0.1) is 0 Å². The van der Waals surface area contributed by atoms with Crippen molar-refractivity contribution in [2.45, 2.75) is 71.4 Å². The van der Waals surface area contributed by atoms with Crippen molar-refractivity contribution in [3.8, 4) is 40.0 Å². The van der Waals surface area contributed by atoms with E-state index in [-0.39, 0.29) is 5.75 Å². The van der Waals surface area contributed by atoms with Gasteiger partial charge in [0, 0.05) is 17.7 Å². The van der Waals surface area contributed by atoms with E-state index in [4.69, 9.17) is 21.8 Å². The zero-order valence-corrected chi connectivity index (χ0v) is 30.1. The molecule has 0 fully saturated rings. The largest absolute Gasteiger partial charge is 0.507 e. The molecule has 0 bridgehead atoms. The minimum atomic E-state index is -2.92. The van der Waals surface area contributed by atoms with Crippen LogP contribution in [0.15, 0.2) is 48.8 Å². The molecule has 0 saturated carbocycles. The Morgan fingerprint density at radius 1 is 0.707 bits per heavy atom. The molecule has 0 aliphatic rings. The van der Waals surface area contributed by atoms with Crippen molar-refractivity contribution in [3.63, 3.8) is 0 Å². The van der Waals surface area contributed by atoms with Crippen LogP contribution >= 0.6 is 0 Å². The van der Waals surface area contributed by atoms with E-state index in [0.29, 0.717) is 42.0 Å². The van der Waals surface area contributed by atoms with Crippen LogP contribution in [0.3, 0.4) is 0 Å². The van der Waals surface area contributed by atoms with Crippen LogP contribution in [-0.4, -0.2) is 67.5 Å². The lowest BCUT2D eigenvalue weighted by atomic mass is 10.1. The van der Waals surface area contributed by atoms with Crippen molar-refractivity contribution in [2.24, 2.45) is 0 Å². The molecule has 0 unspecified atom stereocenters. The number of rotatable bonds is 14. The molecule has 1 heterocycles. The molecular weight excluding hydrogens is 587 g/mol. The summed E-state index contributed by atoms with van der Waals surface area (Å²) in [6, 6.07) is 13.3. The fourth-order valence-electron chi connectivity index (χ4n) is 4.19. The van der Waals surface area contributed by atoms with Crippen molar-refractivity contribution in [1.29, 1.82) is 0 Å². The summed E-state index contributed by atoms with van der Waals surface area (Å²) >= 11 is 0. The van der Waals surface area contributed by atoms with Gasteiger partial charge in [-0.1, -0.05) is 0 Å². The van der Waals surface area contributed by atoms with Crippen LogP contribution in [0.2, 0.25) is 65.0 Å². The fourth-order valence-corrected chi connectivity index (χ4v) is 18.8. The van der Waals surface area contributed by atoms with Crippen molar-refractivity contribution in [1.82, 2.24) is 15.0 Å². The predicted molar refractivity (Wildman–Crippen MR) is 173 cm³/mol. The normalized spacial score (nSPS) is 12.8. The van der Waals surface area contributed by atoms with E-state index in [9.17, 15) is 5.11 Å². The minimum Gasteiger partial charge on any atom is -0.507 e. The molecule has 0 spiro atoms. The second kappa shape index (κ2) is 13.3. The summed E-state index contributed by atoms with van der Waals surface area (Å²) in [5, 5.41) is 10.8. The van der Waals surface area contributed by atoms with Gasteiger partial charge in [-0.2, -0.15) is 0 Å². The first-order valence-electron chi connectivity index (χ1n) is 13.9. The molecule has 0 aliphatic carbocycles. The van der Waals surface area contributed by atoms with Gasteiger partial charge in [0.25, 0.3) is 0 Å². The number of phenols is 1. The first kappa shape index (κ1) is 33.1. The number of ether oxygens (including phenoxy) is 2. The lowest BCUT2D eigenvalue weighted by Gasteiger charge is -2.42. The monoisotopic (exact) mass is 631 g/mol. The fraction of sp³-hybridized carbons (Fsp3) is 0.464. The third-order valence-corrected chi connectivity index (χ3v) is 17.5. The second-order valence-electron chi connectivity index (χ2n) is 12.8. The topological polar surface area (TPSA) is 105 Å². The standard InChI is InChI=1S/C28H45N3O6Si4/c1-33-23-14-12-22(13-15-23)27-29-21-30-28(31-27)25-17-16-24(20-26(25)32)34-18-11-19-41(35-38(2,3)4,36-39(5,6)7)37-40(8,9)10/h12-17,20-21,32H,11,18-19H2,1-10H3. The van der Waals surface area contributed by atoms with Gasteiger partial charge in [0.05, 0.1) is 19.3 Å². The van der Waals surface area contributed by atoms with E-state index in [0.717, 1.165) is 11.3 Å². The minimum absolute atomic E-state index is 0.0318. The van der Waals surface area contributed by atoms with E-state index in [1.54, 1.807) is 19.2 Å². The molecule has 0 amide bonds. The highest BCUT2D eigenvalue weighted by Crippen LogP contribution is 2.33. The summed E-state index contributed by atoms with van der Waals surface area (Å²) in [7, 11) is -7.09. The Morgan fingerprint density at radius 2 is 1.24 bits per heavy atom. The third kappa shape index (κ3) is 10.7. The summed E-state index contributed by atoms with van der Waals surface area (Å²) in [5.74, 6) is 2.23. The number of hydrogen-bond donors (Lipinski definition) is 1. The maximum Gasteiger partial charge on any atom is 0.469 e. The molecule has 2 aromatic carbocycles. The molecule has 0 atom stereocenters. The van der Waals surface area contributed by atoms with Crippen LogP contribution in [0.5, 0.6) is 17.2 Å². The lowest BCUT2D eigenvalue weighted by molar-refractivity contribution is 0.241. The summed E-state index contributed by atoms with van der Waals surface area (Å²) in [6.45, 7) is 20.1. The quantitative estimate of drug-likeness (QED) is 0.146. The summed E-state index contributed by atoms with van der Waals surface area (Å²) in [6.07, 6.45) is 2.16. The molecule has 1 aromatic heterocycles. The number of hydrogen-bond acceptors (Lipinski definition) is 9. The molecule has 3 rings (SSSR count). The van der Waals surface area contributed by atoms with Gasteiger partial charge in [0.1, 0.15) is 23.6 Å². The number of benzene rings is 2.